The van der Waals surface area contributed by atoms with Crippen LogP contribution in [0.2, 0.25) is 0 Å². The number of benzene rings is 2. The van der Waals surface area contributed by atoms with Crippen molar-refractivity contribution >= 4 is 23.3 Å². The second-order valence-electron chi connectivity index (χ2n) is 6.29. The van der Waals surface area contributed by atoms with Gasteiger partial charge in [0.2, 0.25) is 0 Å². The molecule has 2 aromatic rings. The summed E-state index contributed by atoms with van der Waals surface area (Å²) in [5.74, 6) is 1.09. The topological polar surface area (TPSA) is 32.8 Å². The summed E-state index contributed by atoms with van der Waals surface area (Å²) in [7, 11) is 1.62. The van der Waals surface area contributed by atoms with Crippen LogP contribution in [-0.2, 0) is 0 Å². The molecule has 0 unspecified atom stereocenters. The fraction of sp³-hybridized carbons (Fsp3) is 0.286. The second-order valence-corrected chi connectivity index (χ2v) is 6.60. The molecule has 0 spiro atoms. The minimum Gasteiger partial charge on any atom is -0.497 e. The van der Waals surface area contributed by atoms with Crippen LogP contribution in [0.4, 0.5) is 10.5 Å². The summed E-state index contributed by atoms with van der Waals surface area (Å²) in [4.78, 5) is 17.0. The van der Waals surface area contributed by atoms with E-state index in [1.165, 1.54) is 0 Å². The zero-order valence-electron chi connectivity index (χ0n) is 15.0. The Morgan fingerprint density at radius 3 is 2.38 bits per heavy atom. The average molecular weight is 371 g/mol. The standard InChI is InChI=1S/C21H23ClN2O2/c1-4-19-20(14-22)23(15(2)16-8-6-5-7-9-16)21(25)24(19)17-10-12-18(26-3)13-11-17/h4-13,15,19-20H,1,14H2,2-3H3/t15-,19-,20-/m1/s1. The number of halogens is 1. The first-order valence-electron chi connectivity index (χ1n) is 8.61. The number of carbonyl (C=O) groups excluding carboxylic acids is 1. The van der Waals surface area contributed by atoms with E-state index in [0.29, 0.717) is 5.88 Å². The lowest BCUT2D eigenvalue weighted by molar-refractivity contribution is 0.186. The summed E-state index contributed by atoms with van der Waals surface area (Å²) < 4.78 is 5.22. The lowest BCUT2D eigenvalue weighted by Crippen LogP contribution is -2.39. The molecule has 2 aromatic carbocycles. The maximum absolute atomic E-state index is 13.3. The molecule has 4 nitrogen and oxygen atoms in total. The van der Waals surface area contributed by atoms with Gasteiger partial charge in [-0.15, -0.1) is 18.2 Å². The van der Waals surface area contributed by atoms with Gasteiger partial charge in [0.15, 0.2) is 0 Å². The summed E-state index contributed by atoms with van der Waals surface area (Å²) in [6.45, 7) is 5.98. The van der Waals surface area contributed by atoms with E-state index >= 15 is 0 Å². The third kappa shape index (κ3) is 3.17. The van der Waals surface area contributed by atoms with Gasteiger partial charge in [0.25, 0.3) is 0 Å². The van der Waals surface area contributed by atoms with E-state index in [-0.39, 0.29) is 24.2 Å². The Kier molecular flexibility index (Phi) is 5.52. The molecule has 1 heterocycles. The summed E-state index contributed by atoms with van der Waals surface area (Å²) >= 11 is 6.29. The number of urea groups is 1. The molecular weight excluding hydrogens is 348 g/mol. The molecule has 5 heteroatoms. The van der Waals surface area contributed by atoms with Gasteiger partial charge in [-0.3, -0.25) is 4.90 Å². The number of amides is 2. The predicted molar refractivity (Wildman–Crippen MR) is 106 cm³/mol. The molecule has 3 rings (SSSR count). The predicted octanol–water partition coefficient (Wildman–Crippen LogP) is 4.86. The summed E-state index contributed by atoms with van der Waals surface area (Å²) in [5, 5.41) is 0. The Bertz CT molecular complexity index is 763. The number of hydrogen-bond donors (Lipinski definition) is 0. The number of anilines is 1. The van der Waals surface area contributed by atoms with Crippen molar-refractivity contribution in [1.29, 1.82) is 0 Å². The van der Waals surface area contributed by atoms with Crippen LogP contribution in [0, 0.1) is 0 Å². The lowest BCUT2D eigenvalue weighted by Gasteiger charge is -2.29. The maximum atomic E-state index is 13.3. The highest BCUT2D eigenvalue weighted by Gasteiger charge is 2.46. The van der Waals surface area contributed by atoms with Gasteiger partial charge in [0.1, 0.15) is 5.75 Å². The SMILES string of the molecule is C=C[C@@H]1[C@@H](CCl)N([C@H](C)c2ccccc2)C(=O)N1c1ccc(OC)cc1. The minimum absolute atomic E-state index is 0.0675. The number of rotatable bonds is 6. The van der Waals surface area contributed by atoms with Crippen molar-refractivity contribution in [2.45, 2.75) is 25.0 Å². The largest absolute Gasteiger partial charge is 0.497 e. The first-order chi connectivity index (χ1) is 12.6. The Morgan fingerprint density at radius 2 is 1.85 bits per heavy atom. The minimum atomic E-state index is -0.195. The Hall–Kier alpha value is -2.46. The van der Waals surface area contributed by atoms with Crippen molar-refractivity contribution < 1.29 is 9.53 Å². The van der Waals surface area contributed by atoms with Crippen LogP contribution in [0.5, 0.6) is 5.75 Å². The van der Waals surface area contributed by atoms with Crippen molar-refractivity contribution in [3.8, 4) is 5.75 Å². The van der Waals surface area contributed by atoms with Crippen molar-refractivity contribution in [2.24, 2.45) is 0 Å². The molecule has 0 radical (unpaired) electrons. The van der Waals surface area contributed by atoms with Gasteiger partial charge in [0.05, 0.1) is 25.2 Å². The quantitative estimate of drug-likeness (QED) is 0.537. The zero-order chi connectivity index (χ0) is 18.7. The van der Waals surface area contributed by atoms with Crippen molar-refractivity contribution in [3.63, 3.8) is 0 Å². The zero-order valence-corrected chi connectivity index (χ0v) is 15.8. The molecule has 0 bridgehead atoms. The number of alkyl halides is 1. The highest BCUT2D eigenvalue weighted by atomic mass is 35.5. The Labute approximate surface area is 159 Å². The fourth-order valence-electron chi connectivity index (χ4n) is 3.53. The molecule has 2 amide bonds. The average Bonchev–Trinajstić information content (AvgIpc) is 2.99. The summed E-state index contributed by atoms with van der Waals surface area (Å²) in [5.41, 5.74) is 1.88. The molecule has 3 atom stereocenters. The van der Waals surface area contributed by atoms with Crippen molar-refractivity contribution in [3.05, 3.63) is 72.8 Å². The van der Waals surface area contributed by atoms with E-state index in [1.54, 1.807) is 18.1 Å². The molecule has 1 saturated heterocycles. The van der Waals surface area contributed by atoms with E-state index in [4.69, 9.17) is 16.3 Å². The van der Waals surface area contributed by atoms with Crippen LogP contribution < -0.4 is 9.64 Å². The number of ether oxygens (including phenoxy) is 1. The van der Waals surface area contributed by atoms with Crippen LogP contribution >= 0.6 is 11.6 Å². The van der Waals surface area contributed by atoms with Crippen molar-refractivity contribution in [1.82, 2.24) is 4.90 Å². The number of nitrogens with zero attached hydrogens (tertiary/aromatic N) is 2. The Balaban J connectivity index is 1.98. The molecule has 0 N–H and O–H groups in total. The van der Waals surface area contributed by atoms with Gasteiger partial charge in [0, 0.05) is 11.6 Å². The van der Waals surface area contributed by atoms with Crippen LogP contribution in [-0.4, -0.2) is 36.0 Å². The maximum Gasteiger partial charge on any atom is 0.325 e. The van der Waals surface area contributed by atoms with Gasteiger partial charge in [-0.1, -0.05) is 36.4 Å². The lowest BCUT2D eigenvalue weighted by atomic mass is 10.0. The summed E-state index contributed by atoms with van der Waals surface area (Å²) in [6, 6.07) is 17.0. The Morgan fingerprint density at radius 1 is 1.19 bits per heavy atom. The van der Waals surface area contributed by atoms with E-state index in [0.717, 1.165) is 17.0 Å². The first kappa shape index (κ1) is 18.3. The van der Waals surface area contributed by atoms with E-state index < -0.39 is 0 Å². The van der Waals surface area contributed by atoms with Gasteiger partial charge in [-0.05, 0) is 36.8 Å². The summed E-state index contributed by atoms with van der Waals surface area (Å²) in [6.07, 6.45) is 1.80. The fourth-order valence-corrected chi connectivity index (χ4v) is 3.86. The molecule has 26 heavy (non-hydrogen) atoms. The molecule has 0 saturated carbocycles. The molecule has 1 aliphatic heterocycles. The first-order valence-corrected chi connectivity index (χ1v) is 9.14. The molecule has 136 valence electrons. The third-order valence-electron chi connectivity index (χ3n) is 4.93. The van der Waals surface area contributed by atoms with Gasteiger partial charge < -0.3 is 9.64 Å². The van der Waals surface area contributed by atoms with Gasteiger partial charge in [-0.25, -0.2) is 4.79 Å². The van der Waals surface area contributed by atoms with E-state index in [9.17, 15) is 4.79 Å². The number of methoxy groups -OCH3 is 1. The molecular formula is C21H23ClN2O2. The van der Waals surface area contributed by atoms with Crippen molar-refractivity contribution in [2.75, 3.05) is 17.9 Å². The van der Waals surface area contributed by atoms with Crippen LogP contribution in [0.3, 0.4) is 0 Å². The van der Waals surface area contributed by atoms with Crippen LogP contribution in [0.15, 0.2) is 67.3 Å². The molecule has 1 aliphatic rings. The van der Waals surface area contributed by atoms with Crippen LogP contribution in [0.25, 0.3) is 0 Å². The normalized spacial score (nSPS) is 21.0. The van der Waals surface area contributed by atoms with E-state index in [1.807, 2.05) is 66.4 Å². The highest BCUT2D eigenvalue weighted by Crippen LogP contribution is 2.36. The second kappa shape index (κ2) is 7.83. The molecule has 0 aromatic heterocycles. The smallest absolute Gasteiger partial charge is 0.325 e. The number of carbonyl (C=O) groups is 1. The molecule has 0 aliphatic carbocycles. The van der Waals surface area contributed by atoms with Gasteiger partial charge in [-0.2, -0.15) is 0 Å². The monoisotopic (exact) mass is 370 g/mol. The van der Waals surface area contributed by atoms with Crippen LogP contribution in [0.1, 0.15) is 18.5 Å². The van der Waals surface area contributed by atoms with E-state index in [2.05, 4.69) is 6.58 Å². The third-order valence-corrected chi connectivity index (χ3v) is 5.24. The van der Waals surface area contributed by atoms with Gasteiger partial charge >= 0.3 is 6.03 Å². The molecule has 1 fully saturated rings. The highest BCUT2D eigenvalue weighted by molar-refractivity contribution is 6.19. The number of hydrogen-bond acceptors (Lipinski definition) is 2.